The number of β-amino-alcohol motifs (C(OH)–C–C–N with tert-alkyl or cyclic N) is 1. The zero-order valence-corrected chi connectivity index (χ0v) is 12.3. The van der Waals surface area contributed by atoms with E-state index in [2.05, 4.69) is 9.88 Å². The van der Waals surface area contributed by atoms with Crippen molar-refractivity contribution in [2.75, 3.05) is 19.6 Å². The first-order valence-electron chi connectivity index (χ1n) is 7.81. The summed E-state index contributed by atoms with van der Waals surface area (Å²) in [6, 6.07) is 4.33. The molecule has 3 rings (SSSR count). The molecule has 2 aliphatic rings. The number of aromatic nitrogens is 1. The molecule has 0 spiro atoms. The van der Waals surface area contributed by atoms with Gasteiger partial charge in [0, 0.05) is 31.5 Å². The summed E-state index contributed by atoms with van der Waals surface area (Å²) < 4.78 is 0. The zero-order chi connectivity index (χ0) is 14.7. The quantitative estimate of drug-likeness (QED) is 0.879. The van der Waals surface area contributed by atoms with Crippen molar-refractivity contribution in [2.24, 2.45) is 0 Å². The van der Waals surface area contributed by atoms with Gasteiger partial charge in [0.15, 0.2) is 0 Å². The van der Waals surface area contributed by atoms with Crippen LogP contribution in [0.1, 0.15) is 31.2 Å². The Balaban J connectivity index is 1.59. The van der Waals surface area contributed by atoms with Crippen LogP contribution < -0.4 is 0 Å². The van der Waals surface area contributed by atoms with Gasteiger partial charge < -0.3 is 10.0 Å². The van der Waals surface area contributed by atoms with Crippen LogP contribution in [0.25, 0.3) is 0 Å². The standard InChI is InChI=1S/C16H23N3O2/c20-15-2-1-9-18(11-15)12-16(21)19(14-3-4-14)10-13-5-7-17-8-6-13/h5-8,14-15,20H,1-4,9-12H2/t15-/m1/s1. The highest BCUT2D eigenvalue weighted by Crippen LogP contribution is 2.28. The van der Waals surface area contributed by atoms with Gasteiger partial charge in [0.1, 0.15) is 0 Å². The van der Waals surface area contributed by atoms with Crippen LogP contribution in [0.4, 0.5) is 0 Å². The van der Waals surface area contributed by atoms with E-state index < -0.39 is 0 Å². The van der Waals surface area contributed by atoms with Crippen LogP contribution >= 0.6 is 0 Å². The third-order valence-electron chi connectivity index (χ3n) is 4.25. The number of amides is 1. The summed E-state index contributed by atoms with van der Waals surface area (Å²) in [6.45, 7) is 2.64. The Labute approximate surface area is 125 Å². The summed E-state index contributed by atoms with van der Waals surface area (Å²) >= 11 is 0. The smallest absolute Gasteiger partial charge is 0.237 e. The number of piperidine rings is 1. The monoisotopic (exact) mass is 289 g/mol. The number of hydrogen-bond donors (Lipinski definition) is 1. The minimum Gasteiger partial charge on any atom is -0.392 e. The molecular weight excluding hydrogens is 266 g/mol. The van der Waals surface area contributed by atoms with Crippen molar-refractivity contribution in [2.45, 2.75) is 44.4 Å². The molecular formula is C16H23N3O2. The Morgan fingerprint density at radius 2 is 2.10 bits per heavy atom. The van der Waals surface area contributed by atoms with Gasteiger partial charge in [-0.25, -0.2) is 0 Å². The minimum absolute atomic E-state index is 0.184. The number of rotatable bonds is 5. The Morgan fingerprint density at radius 3 is 2.76 bits per heavy atom. The second-order valence-electron chi connectivity index (χ2n) is 6.14. The Hall–Kier alpha value is -1.46. The summed E-state index contributed by atoms with van der Waals surface area (Å²) in [5.41, 5.74) is 1.13. The van der Waals surface area contributed by atoms with Crippen LogP contribution in [0, 0.1) is 0 Å². The summed E-state index contributed by atoms with van der Waals surface area (Å²) in [6.07, 6.45) is 7.31. The fourth-order valence-electron chi connectivity index (χ4n) is 2.95. The van der Waals surface area contributed by atoms with Crippen molar-refractivity contribution < 1.29 is 9.90 Å². The molecule has 1 amide bonds. The van der Waals surface area contributed by atoms with E-state index in [0.717, 1.165) is 37.8 Å². The fourth-order valence-corrected chi connectivity index (χ4v) is 2.95. The minimum atomic E-state index is -0.277. The largest absolute Gasteiger partial charge is 0.392 e. The lowest BCUT2D eigenvalue weighted by atomic mass is 10.1. The molecule has 2 fully saturated rings. The van der Waals surface area contributed by atoms with E-state index in [0.29, 0.717) is 25.7 Å². The topological polar surface area (TPSA) is 56.7 Å². The maximum Gasteiger partial charge on any atom is 0.237 e. The highest BCUT2D eigenvalue weighted by molar-refractivity contribution is 5.79. The molecule has 0 bridgehead atoms. The highest BCUT2D eigenvalue weighted by Gasteiger charge is 2.33. The number of likely N-dealkylation sites (tertiary alicyclic amines) is 1. The Kier molecular flexibility index (Phi) is 4.51. The molecule has 0 radical (unpaired) electrons. The molecule has 1 atom stereocenters. The van der Waals surface area contributed by atoms with Crippen molar-refractivity contribution in [3.63, 3.8) is 0 Å². The SMILES string of the molecule is O=C(CN1CCC[C@@H](O)C1)N(Cc1ccncc1)C1CC1. The van der Waals surface area contributed by atoms with Gasteiger partial charge in [-0.1, -0.05) is 0 Å². The van der Waals surface area contributed by atoms with Gasteiger partial charge in [-0.15, -0.1) is 0 Å². The third-order valence-corrected chi connectivity index (χ3v) is 4.25. The van der Waals surface area contributed by atoms with Gasteiger partial charge in [0.05, 0.1) is 12.6 Å². The van der Waals surface area contributed by atoms with Crippen LogP contribution in [-0.4, -0.2) is 57.6 Å². The van der Waals surface area contributed by atoms with Gasteiger partial charge in [-0.2, -0.15) is 0 Å². The van der Waals surface area contributed by atoms with E-state index in [-0.39, 0.29) is 12.0 Å². The normalized spacial score (nSPS) is 23.0. The molecule has 21 heavy (non-hydrogen) atoms. The number of carbonyl (C=O) groups excluding carboxylic acids is 1. The van der Waals surface area contributed by atoms with E-state index in [9.17, 15) is 9.90 Å². The lowest BCUT2D eigenvalue weighted by molar-refractivity contribution is -0.134. The molecule has 114 valence electrons. The van der Waals surface area contributed by atoms with Gasteiger partial charge >= 0.3 is 0 Å². The number of aliphatic hydroxyl groups excluding tert-OH is 1. The first-order chi connectivity index (χ1) is 10.2. The first-order valence-corrected chi connectivity index (χ1v) is 7.81. The van der Waals surface area contributed by atoms with Crippen molar-refractivity contribution in [3.05, 3.63) is 30.1 Å². The van der Waals surface area contributed by atoms with Crippen LogP contribution in [0.15, 0.2) is 24.5 Å². The summed E-state index contributed by atoms with van der Waals surface area (Å²) in [4.78, 5) is 20.7. The van der Waals surface area contributed by atoms with Gasteiger partial charge in [0.25, 0.3) is 0 Å². The highest BCUT2D eigenvalue weighted by atomic mass is 16.3. The van der Waals surface area contributed by atoms with E-state index in [4.69, 9.17) is 0 Å². The van der Waals surface area contributed by atoms with Gasteiger partial charge in [0.2, 0.25) is 5.91 Å². The van der Waals surface area contributed by atoms with E-state index in [1.807, 2.05) is 17.0 Å². The fraction of sp³-hybridized carbons (Fsp3) is 0.625. The molecule has 1 aromatic rings. The number of nitrogens with zero attached hydrogens (tertiary/aromatic N) is 3. The molecule has 5 heteroatoms. The average molecular weight is 289 g/mol. The lowest BCUT2D eigenvalue weighted by Crippen LogP contribution is -2.46. The Bertz CT molecular complexity index is 476. The van der Waals surface area contributed by atoms with E-state index in [1.54, 1.807) is 12.4 Å². The Morgan fingerprint density at radius 1 is 1.33 bits per heavy atom. The molecule has 1 N–H and O–H groups in total. The first kappa shape index (κ1) is 14.5. The molecule has 5 nitrogen and oxygen atoms in total. The maximum absolute atomic E-state index is 12.6. The predicted octanol–water partition coefficient (Wildman–Crippen LogP) is 1.03. The molecule has 1 saturated carbocycles. The average Bonchev–Trinajstić information content (AvgIpc) is 3.30. The summed E-state index contributed by atoms with van der Waals surface area (Å²) in [5, 5.41) is 9.71. The van der Waals surface area contributed by atoms with Crippen molar-refractivity contribution in [1.82, 2.24) is 14.8 Å². The molecule has 0 aromatic carbocycles. The van der Waals surface area contributed by atoms with Crippen LogP contribution in [-0.2, 0) is 11.3 Å². The summed E-state index contributed by atoms with van der Waals surface area (Å²) in [7, 11) is 0. The number of aliphatic hydroxyl groups is 1. The van der Waals surface area contributed by atoms with Crippen LogP contribution in [0.2, 0.25) is 0 Å². The number of pyridine rings is 1. The van der Waals surface area contributed by atoms with E-state index in [1.165, 1.54) is 0 Å². The maximum atomic E-state index is 12.6. The van der Waals surface area contributed by atoms with Gasteiger partial charge in [-0.3, -0.25) is 14.7 Å². The van der Waals surface area contributed by atoms with E-state index >= 15 is 0 Å². The predicted molar refractivity (Wildman–Crippen MR) is 79.5 cm³/mol. The second kappa shape index (κ2) is 6.54. The van der Waals surface area contributed by atoms with Crippen LogP contribution in [0.5, 0.6) is 0 Å². The third kappa shape index (κ3) is 4.02. The molecule has 1 saturated heterocycles. The number of hydrogen-bond acceptors (Lipinski definition) is 4. The zero-order valence-electron chi connectivity index (χ0n) is 12.3. The summed E-state index contributed by atoms with van der Waals surface area (Å²) in [5.74, 6) is 0.184. The van der Waals surface area contributed by atoms with Gasteiger partial charge in [-0.05, 0) is 49.9 Å². The lowest BCUT2D eigenvalue weighted by Gasteiger charge is -2.32. The van der Waals surface area contributed by atoms with Crippen LogP contribution in [0.3, 0.4) is 0 Å². The molecule has 1 aliphatic carbocycles. The number of carbonyl (C=O) groups is 1. The molecule has 1 aromatic heterocycles. The van der Waals surface area contributed by atoms with Crippen molar-refractivity contribution >= 4 is 5.91 Å². The van der Waals surface area contributed by atoms with Crippen molar-refractivity contribution in [1.29, 1.82) is 0 Å². The molecule has 0 unspecified atom stereocenters. The van der Waals surface area contributed by atoms with Crippen molar-refractivity contribution in [3.8, 4) is 0 Å². The second-order valence-corrected chi connectivity index (χ2v) is 6.14. The molecule has 1 aliphatic heterocycles. The molecule has 2 heterocycles.